The van der Waals surface area contributed by atoms with Gasteiger partial charge in [0.1, 0.15) is 5.75 Å². The van der Waals surface area contributed by atoms with E-state index in [9.17, 15) is 0 Å². The maximum atomic E-state index is 8.38. The average Bonchev–Trinajstić information content (AvgIpc) is 2.32. The van der Waals surface area contributed by atoms with Gasteiger partial charge >= 0.3 is 0 Å². The standard InChI is InChI=1S/C15H21NO/c1-3-4-5-6-13(2)11-14-7-9-15(10-8-14)17-12-16/h7-10,13H,3-6,11H2,1-2H3. The van der Waals surface area contributed by atoms with E-state index in [0.29, 0.717) is 5.75 Å². The average molecular weight is 231 g/mol. The minimum absolute atomic E-state index is 0.620. The topological polar surface area (TPSA) is 33.0 Å². The molecule has 0 aliphatic heterocycles. The number of benzene rings is 1. The number of hydrogen-bond donors (Lipinski definition) is 0. The molecule has 0 aliphatic rings. The van der Waals surface area contributed by atoms with E-state index in [0.717, 1.165) is 12.3 Å². The van der Waals surface area contributed by atoms with E-state index >= 15 is 0 Å². The molecule has 0 spiro atoms. The summed E-state index contributed by atoms with van der Waals surface area (Å²) >= 11 is 0. The lowest BCUT2D eigenvalue weighted by molar-refractivity contribution is 0.491. The predicted molar refractivity (Wildman–Crippen MR) is 69.7 cm³/mol. The van der Waals surface area contributed by atoms with Gasteiger partial charge < -0.3 is 4.74 Å². The van der Waals surface area contributed by atoms with Gasteiger partial charge in [0, 0.05) is 0 Å². The van der Waals surface area contributed by atoms with Crippen molar-refractivity contribution in [3.05, 3.63) is 29.8 Å². The highest BCUT2D eigenvalue weighted by atomic mass is 16.5. The van der Waals surface area contributed by atoms with Gasteiger partial charge in [-0.15, -0.1) is 5.26 Å². The number of nitriles is 1. The summed E-state index contributed by atoms with van der Waals surface area (Å²) in [6.45, 7) is 4.54. The molecule has 0 bridgehead atoms. The van der Waals surface area contributed by atoms with Gasteiger partial charge in [0.25, 0.3) is 6.26 Å². The van der Waals surface area contributed by atoms with E-state index in [4.69, 9.17) is 10.00 Å². The van der Waals surface area contributed by atoms with Crippen LogP contribution in [0.3, 0.4) is 0 Å². The first-order valence-electron chi connectivity index (χ1n) is 6.41. The Bertz CT molecular complexity index is 350. The van der Waals surface area contributed by atoms with Crippen molar-refractivity contribution < 1.29 is 4.74 Å². The molecule has 1 aromatic carbocycles. The van der Waals surface area contributed by atoms with Gasteiger partial charge in [-0.3, -0.25) is 0 Å². The van der Waals surface area contributed by atoms with E-state index in [1.54, 1.807) is 6.26 Å². The van der Waals surface area contributed by atoms with Crippen LogP contribution in [0.15, 0.2) is 24.3 Å². The number of ether oxygens (including phenoxy) is 1. The lowest BCUT2D eigenvalue weighted by atomic mass is 9.95. The fourth-order valence-electron chi connectivity index (χ4n) is 1.99. The zero-order valence-corrected chi connectivity index (χ0v) is 10.8. The number of rotatable bonds is 7. The van der Waals surface area contributed by atoms with Gasteiger partial charge in [0.05, 0.1) is 0 Å². The molecule has 1 atom stereocenters. The molecule has 0 fully saturated rings. The highest BCUT2D eigenvalue weighted by Gasteiger charge is 2.03. The summed E-state index contributed by atoms with van der Waals surface area (Å²) in [6.07, 6.45) is 8.03. The second-order valence-corrected chi connectivity index (χ2v) is 4.64. The molecule has 17 heavy (non-hydrogen) atoms. The highest BCUT2D eigenvalue weighted by Crippen LogP contribution is 2.18. The Hall–Kier alpha value is -1.49. The molecule has 0 aliphatic carbocycles. The smallest absolute Gasteiger partial charge is 0.292 e. The van der Waals surface area contributed by atoms with Gasteiger partial charge in [-0.1, -0.05) is 51.7 Å². The van der Waals surface area contributed by atoms with Crippen LogP contribution in [0.1, 0.15) is 45.1 Å². The fraction of sp³-hybridized carbons (Fsp3) is 0.533. The van der Waals surface area contributed by atoms with E-state index < -0.39 is 0 Å². The van der Waals surface area contributed by atoms with Gasteiger partial charge in [0.2, 0.25) is 0 Å². The molecule has 1 rings (SSSR count). The molecule has 0 saturated carbocycles. The van der Waals surface area contributed by atoms with E-state index in [1.165, 1.54) is 31.2 Å². The lowest BCUT2D eigenvalue weighted by Gasteiger charge is -2.11. The summed E-state index contributed by atoms with van der Waals surface area (Å²) in [4.78, 5) is 0. The first kappa shape index (κ1) is 13.6. The predicted octanol–water partition coefficient (Wildman–Crippen LogP) is 4.31. The summed E-state index contributed by atoms with van der Waals surface area (Å²) in [5, 5.41) is 8.38. The van der Waals surface area contributed by atoms with Gasteiger partial charge in [0.15, 0.2) is 0 Å². The maximum Gasteiger partial charge on any atom is 0.292 e. The Balaban J connectivity index is 2.38. The summed E-state index contributed by atoms with van der Waals surface area (Å²) in [5.41, 5.74) is 1.32. The Morgan fingerprint density at radius 2 is 1.94 bits per heavy atom. The zero-order chi connectivity index (χ0) is 12.5. The molecule has 0 N–H and O–H groups in total. The van der Waals surface area contributed by atoms with E-state index in [2.05, 4.69) is 13.8 Å². The second-order valence-electron chi connectivity index (χ2n) is 4.64. The van der Waals surface area contributed by atoms with Crippen molar-refractivity contribution in [3.8, 4) is 12.0 Å². The normalized spacial score (nSPS) is 11.8. The van der Waals surface area contributed by atoms with Crippen LogP contribution in [0.5, 0.6) is 5.75 Å². The van der Waals surface area contributed by atoms with Crippen molar-refractivity contribution in [2.24, 2.45) is 5.92 Å². The van der Waals surface area contributed by atoms with Crippen molar-refractivity contribution in [3.63, 3.8) is 0 Å². The van der Waals surface area contributed by atoms with Crippen LogP contribution < -0.4 is 4.74 Å². The third-order valence-corrected chi connectivity index (χ3v) is 2.97. The first-order valence-corrected chi connectivity index (χ1v) is 6.41. The maximum absolute atomic E-state index is 8.38. The highest BCUT2D eigenvalue weighted by molar-refractivity contribution is 5.28. The summed E-state index contributed by atoms with van der Waals surface area (Å²) in [5.74, 6) is 1.35. The number of unbranched alkanes of at least 4 members (excludes halogenated alkanes) is 2. The molecule has 1 unspecified atom stereocenters. The molecule has 1 aromatic rings. The van der Waals surface area contributed by atoms with Crippen molar-refractivity contribution in [2.75, 3.05) is 0 Å². The Kier molecular flexibility index (Phi) is 6.17. The molecule has 0 amide bonds. The molecule has 0 aromatic heterocycles. The summed E-state index contributed by atoms with van der Waals surface area (Å²) in [7, 11) is 0. The number of nitrogens with zero attached hydrogens (tertiary/aromatic N) is 1. The zero-order valence-electron chi connectivity index (χ0n) is 10.8. The van der Waals surface area contributed by atoms with Gasteiger partial charge in [-0.05, 0) is 30.0 Å². The monoisotopic (exact) mass is 231 g/mol. The molecule has 0 heterocycles. The molecular weight excluding hydrogens is 210 g/mol. The largest absolute Gasteiger partial charge is 0.388 e. The Labute approximate surface area is 104 Å². The minimum Gasteiger partial charge on any atom is -0.388 e. The fourth-order valence-corrected chi connectivity index (χ4v) is 1.99. The SMILES string of the molecule is CCCCCC(C)Cc1ccc(OC#N)cc1. The Morgan fingerprint density at radius 3 is 2.53 bits per heavy atom. The lowest BCUT2D eigenvalue weighted by Crippen LogP contribution is -1.99. The third-order valence-electron chi connectivity index (χ3n) is 2.97. The molecule has 2 nitrogen and oxygen atoms in total. The third kappa shape index (κ3) is 5.40. The molecule has 92 valence electrons. The van der Waals surface area contributed by atoms with Crippen LogP contribution in [0, 0.1) is 17.4 Å². The van der Waals surface area contributed by atoms with Crippen molar-refractivity contribution in [2.45, 2.75) is 46.0 Å². The Morgan fingerprint density at radius 1 is 1.24 bits per heavy atom. The number of hydrogen-bond acceptors (Lipinski definition) is 2. The van der Waals surface area contributed by atoms with Crippen LogP contribution >= 0.6 is 0 Å². The van der Waals surface area contributed by atoms with Crippen molar-refractivity contribution in [1.82, 2.24) is 0 Å². The van der Waals surface area contributed by atoms with Crippen LogP contribution in [-0.2, 0) is 6.42 Å². The van der Waals surface area contributed by atoms with Crippen LogP contribution in [0.2, 0.25) is 0 Å². The van der Waals surface area contributed by atoms with E-state index in [1.807, 2.05) is 24.3 Å². The second kappa shape index (κ2) is 7.73. The minimum atomic E-state index is 0.620. The van der Waals surface area contributed by atoms with Crippen LogP contribution in [0.25, 0.3) is 0 Å². The molecule has 0 saturated heterocycles. The van der Waals surface area contributed by atoms with Crippen LogP contribution in [-0.4, -0.2) is 0 Å². The van der Waals surface area contributed by atoms with Gasteiger partial charge in [-0.25, -0.2) is 0 Å². The first-order chi connectivity index (χ1) is 8.26. The molecular formula is C15H21NO. The molecule has 2 heteroatoms. The quantitative estimate of drug-likeness (QED) is 0.517. The van der Waals surface area contributed by atoms with E-state index in [-0.39, 0.29) is 0 Å². The summed E-state index contributed by atoms with van der Waals surface area (Å²) < 4.78 is 4.75. The van der Waals surface area contributed by atoms with Gasteiger partial charge in [-0.2, -0.15) is 0 Å². The van der Waals surface area contributed by atoms with Crippen molar-refractivity contribution in [1.29, 1.82) is 5.26 Å². The van der Waals surface area contributed by atoms with Crippen LogP contribution in [0.4, 0.5) is 0 Å². The van der Waals surface area contributed by atoms with Crippen molar-refractivity contribution >= 4 is 0 Å². The summed E-state index contributed by atoms with van der Waals surface area (Å²) in [6, 6.07) is 7.81. The molecule has 0 radical (unpaired) electrons.